The van der Waals surface area contributed by atoms with E-state index in [0.29, 0.717) is 10.7 Å². The smallest absolute Gasteiger partial charge is 0.133 e. The lowest BCUT2D eigenvalue weighted by molar-refractivity contribution is 0.411. The van der Waals surface area contributed by atoms with Gasteiger partial charge in [0.05, 0.1) is 11.6 Å². The molecule has 3 heteroatoms. The topological polar surface area (TPSA) is 9.23 Å². The molecule has 2 atom stereocenters. The molecule has 0 aliphatic rings. The predicted molar refractivity (Wildman–Crippen MR) is 71.8 cm³/mol. The van der Waals surface area contributed by atoms with Crippen LogP contribution in [0.2, 0.25) is 0 Å². The number of rotatable bonds is 4. The third-order valence-corrected chi connectivity index (χ3v) is 4.69. The second-order valence-electron chi connectivity index (χ2n) is 3.68. The summed E-state index contributed by atoms with van der Waals surface area (Å²) >= 11 is 7.23. The Morgan fingerprint density at radius 2 is 2.07 bits per heavy atom. The van der Waals surface area contributed by atoms with Crippen molar-refractivity contribution in [2.45, 2.75) is 25.1 Å². The van der Waals surface area contributed by atoms with Gasteiger partial charge in [-0.1, -0.05) is 42.3 Å². The molecule has 0 amide bonds. The lowest BCUT2D eigenvalue weighted by Crippen LogP contribution is -2.02. The molecule has 0 aliphatic heterocycles. The van der Waals surface area contributed by atoms with Crippen LogP contribution in [0.5, 0.6) is 5.75 Å². The zero-order valence-electron chi connectivity index (χ0n) is 9.26. The second-order valence-corrected chi connectivity index (χ2v) is 5.52. The summed E-state index contributed by atoms with van der Waals surface area (Å²) < 4.78 is 6.21. The number of hydrogen-bond donors (Lipinski definition) is 0. The van der Waals surface area contributed by atoms with Gasteiger partial charge in [-0.15, -0.1) is 0 Å². The van der Waals surface area contributed by atoms with Crippen molar-refractivity contribution >= 4 is 31.9 Å². The summed E-state index contributed by atoms with van der Waals surface area (Å²) in [6.07, 6.45) is 1.17. The van der Waals surface area contributed by atoms with Crippen LogP contribution in [0.1, 0.15) is 30.7 Å². The highest BCUT2D eigenvalue weighted by Crippen LogP contribution is 2.36. The van der Waals surface area contributed by atoms with Gasteiger partial charge < -0.3 is 4.74 Å². The molecule has 0 fully saturated rings. The van der Waals surface area contributed by atoms with Gasteiger partial charge in [0, 0.05) is 4.83 Å². The van der Waals surface area contributed by atoms with Crippen LogP contribution in [-0.4, -0.2) is 7.11 Å². The molecule has 1 nitrogen and oxygen atoms in total. The standard InChI is InChI=1S/C12H16Br2O/c1-4-8(2)12(14)9-5-6-11(15-3)10(13)7-9/h5-8,12H,4H2,1-3H3. The fraction of sp³-hybridized carbons (Fsp3) is 0.500. The first-order chi connectivity index (χ1) is 7.10. The normalized spacial score (nSPS) is 14.7. The first kappa shape index (κ1) is 13.0. The highest BCUT2D eigenvalue weighted by Gasteiger charge is 2.15. The first-order valence-electron chi connectivity index (χ1n) is 5.07. The van der Waals surface area contributed by atoms with Crippen LogP contribution in [0.25, 0.3) is 0 Å². The lowest BCUT2D eigenvalue weighted by atomic mass is 9.99. The Kier molecular flexibility index (Phi) is 5.13. The minimum Gasteiger partial charge on any atom is -0.496 e. The van der Waals surface area contributed by atoms with Crippen molar-refractivity contribution in [1.29, 1.82) is 0 Å². The van der Waals surface area contributed by atoms with Crippen LogP contribution >= 0.6 is 31.9 Å². The molecule has 1 rings (SSSR count). The van der Waals surface area contributed by atoms with Gasteiger partial charge in [-0.2, -0.15) is 0 Å². The predicted octanol–water partition coefficient (Wildman–Crippen LogP) is 4.94. The number of alkyl halides is 1. The monoisotopic (exact) mass is 334 g/mol. The molecule has 0 saturated carbocycles. The maximum absolute atomic E-state index is 5.20. The highest BCUT2D eigenvalue weighted by molar-refractivity contribution is 9.10. The van der Waals surface area contributed by atoms with E-state index in [4.69, 9.17) is 4.74 Å². The maximum atomic E-state index is 5.20. The molecule has 1 aromatic rings. The molecular weight excluding hydrogens is 320 g/mol. The van der Waals surface area contributed by atoms with E-state index < -0.39 is 0 Å². The number of benzene rings is 1. The van der Waals surface area contributed by atoms with E-state index in [1.54, 1.807) is 7.11 Å². The molecule has 15 heavy (non-hydrogen) atoms. The van der Waals surface area contributed by atoms with Crippen LogP contribution in [0.4, 0.5) is 0 Å². The Morgan fingerprint density at radius 1 is 1.40 bits per heavy atom. The molecule has 1 aromatic carbocycles. The van der Waals surface area contributed by atoms with Crippen molar-refractivity contribution in [3.63, 3.8) is 0 Å². The maximum Gasteiger partial charge on any atom is 0.133 e. The van der Waals surface area contributed by atoms with Crippen LogP contribution in [0.3, 0.4) is 0 Å². The Balaban J connectivity index is 2.92. The van der Waals surface area contributed by atoms with E-state index in [0.717, 1.165) is 10.2 Å². The fourth-order valence-corrected chi connectivity index (χ4v) is 2.61. The zero-order valence-corrected chi connectivity index (χ0v) is 12.4. The minimum absolute atomic E-state index is 0.407. The lowest BCUT2D eigenvalue weighted by Gasteiger charge is -2.17. The number of hydrogen-bond acceptors (Lipinski definition) is 1. The molecule has 0 saturated heterocycles. The minimum atomic E-state index is 0.407. The van der Waals surface area contributed by atoms with Crippen LogP contribution in [-0.2, 0) is 0 Å². The quantitative estimate of drug-likeness (QED) is 0.708. The molecule has 0 radical (unpaired) electrons. The van der Waals surface area contributed by atoms with Gasteiger partial charge in [-0.05, 0) is 39.5 Å². The van der Waals surface area contributed by atoms with Gasteiger partial charge in [-0.25, -0.2) is 0 Å². The van der Waals surface area contributed by atoms with E-state index in [9.17, 15) is 0 Å². The van der Waals surface area contributed by atoms with Crippen LogP contribution < -0.4 is 4.74 Å². The average molecular weight is 336 g/mol. The van der Waals surface area contributed by atoms with E-state index in [-0.39, 0.29) is 0 Å². The molecule has 0 aromatic heterocycles. The Morgan fingerprint density at radius 3 is 2.53 bits per heavy atom. The van der Waals surface area contributed by atoms with Crippen LogP contribution in [0.15, 0.2) is 22.7 Å². The van der Waals surface area contributed by atoms with Gasteiger partial charge in [0.1, 0.15) is 5.75 Å². The van der Waals surface area contributed by atoms with Crippen molar-refractivity contribution < 1.29 is 4.74 Å². The largest absolute Gasteiger partial charge is 0.496 e. The van der Waals surface area contributed by atoms with E-state index >= 15 is 0 Å². The molecule has 0 aliphatic carbocycles. The summed E-state index contributed by atoms with van der Waals surface area (Å²) in [5, 5.41) is 0. The van der Waals surface area contributed by atoms with Crippen molar-refractivity contribution in [3.05, 3.63) is 28.2 Å². The third kappa shape index (κ3) is 3.22. The van der Waals surface area contributed by atoms with Gasteiger partial charge in [0.15, 0.2) is 0 Å². The number of methoxy groups -OCH3 is 1. The third-order valence-electron chi connectivity index (χ3n) is 2.64. The van der Waals surface area contributed by atoms with Gasteiger partial charge in [0.2, 0.25) is 0 Å². The van der Waals surface area contributed by atoms with Crippen molar-refractivity contribution in [2.75, 3.05) is 7.11 Å². The molecule has 0 N–H and O–H groups in total. The Labute approximate surface area is 108 Å². The van der Waals surface area contributed by atoms with Crippen molar-refractivity contribution in [3.8, 4) is 5.75 Å². The molecule has 0 bridgehead atoms. The SMILES string of the molecule is CCC(C)C(Br)c1ccc(OC)c(Br)c1. The summed E-state index contributed by atoms with van der Waals surface area (Å²) in [5.74, 6) is 1.51. The first-order valence-corrected chi connectivity index (χ1v) is 6.78. The zero-order chi connectivity index (χ0) is 11.4. The van der Waals surface area contributed by atoms with Crippen molar-refractivity contribution in [2.24, 2.45) is 5.92 Å². The van der Waals surface area contributed by atoms with E-state index in [2.05, 4.69) is 57.8 Å². The summed E-state index contributed by atoms with van der Waals surface area (Å²) in [7, 11) is 1.68. The average Bonchev–Trinajstić information content (AvgIpc) is 2.26. The highest BCUT2D eigenvalue weighted by atomic mass is 79.9. The second kappa shape index (κ2) is 5.90. The van der Waals surface area contributed by atoms with E-state index in [1.807, 2.05) is 6.07 Å². The molecule has 0 spiro atoms. The summed E-state index contributed by atoms with van der Waals surface area (Å²) in [6.45, 7) is 4.45. The van der Waals surface area contributed by atoms with Crippen molar-refractivity contribution in [1.82, 2.24) is 0 Å². The summed E-state index contributed by atoms with van der Waals surface area (Å²) in [5.41, 5.74) is 1.29. The van der Waals surface area contributed by atoms with Gasteiger partial charge in [-0.3, -0.25) is 0 Å². The summed E-state index contributed by atoms with van der Waals surface area (Å²) in [6, 6.07) is 6.22. The molecule has 0 heterocycles. The Hall–Kier alpha value is -0.0200. The fourth-order valence-electron chi connectivity index (χ4n) is 1.39. The number of ether oxygens (including phenoxy) is 1. The summed E-state index contributed by atoms with van der Waals surface area (Å²) in [4.78, 5) is 0.407. The Bertz CT molecular complexity index is 325. The van der Waals surface area contributed by atoms with Crippen LogP contribution in [0, 0.1) is 5.92 Å². The number of halogens is 2. The molecule has 2 unspecified atom stereocenters. The van der Waals surface area contributed by atoms with Gasteiger partial charge in [0.25, 0.3) is 0 Å². The van der Waals surface area contributed by atoms with Gasteiger partial charge >= 0.3 is 0 Å². The molecular formula is C12H16Br2O. The molecule has 84 valence electrons. The van der Waals surface area contributed by atoms with E-state index in [1.165, 1.54) is 12.0 Å².